The Labute approximate surface area is 169 Å². The largest absolute Gasteiger partial charge is 0.437 e. The van der Waals surface area contributed by atoms with Crippen LogP contribution in [0.15, 0.2) is 36.7 Å². The number of halogens is 1. The van der Waals surface area contributed by atoms with Gasteiger partial charge in [-0.3, -0.25) is 9.69 Å². The molecule has 0 aliphatic carbocycles. The SMILES string of the molecule is O=C(CN1CCN(c2cc(Oc3ccccc3Cl)ncn2)CC1)N1CCCC1. The van der Waals surface area contributed by atoms with Gasteiger partial charge < -0.3 is 14.5 Å². The van der Waals surface area contributed by atoms with Gasteiger partial charge in [-0.25, -0.2) is 9.97 Å². The maximum atomic E-state index is 12.3. The first-order valence-electron chi connectivity index (χ1n) is 9.68. The monoisotopic (exact) mass is 401 g/mol. The summed E-state index contributed by atoms with van der Waals surface area (Å²) in [5.41, 5.74) is 0. The Kier molecular flexibility index (Phi) is 5.92. The van der Waals surface area contributed by atoms with E-state index in [2.05, 4.69) is 19.8 Å². The lowest BCUT2D eigenvalue weighted by atomic mass is 10.3. The van der Waals surface area contributed by atoms with Gasteiger partial charge in [0.25, 0.3) is 0 Å². The maximum Gasteiger partial charge on any atom is 0.236 e. The molecule has 1 amide bonds. The molecular formula is C20H24ClN5O2. The number of carbonyl (C=O) groups excluding carboxylic acids is 1. The highest BCUT2D eigenvalue weighted by molar-refractivity contribution is 6.32. The highest BCUT2D eigenvalue weighted by Crippen LogP contribution is 2.29. The Morgan fingerprint density at radius 1 is 1.04 bits per heavy atom. The normalized spacial score (nSPS) is 17.8. The topological polar surface area (TPSA) is 61.8 Å². The third kappa shape index (κ3) is 4.54. The Morgan fingerprint density at radius 3 is 2.54 bits per heavy atom. The Hall–Kier alpha value is -2.38. The first-order chi connectivity index (χ1) is 13.7. The van der Waals surface area contributed by atoms with E-state index in [0.29, 0.717) is 23.2 Å². The lowest BCUT2D eigenvalue weighted by Crippen LogP contribution is -2.50. The van der Waals surface area contributed by atoms with Crippen LogP contribution in [-0.2, 0) is 4.79 Å². The van der Waals surface area contributed by atoms with Crippen molar-refractivity contribution >= 4 is 23.3 Å². The molecular weight excluding hydrogens is 378 g/mol. The smallest absolute Gasteiger partial charge is 0.236 e. The van der Waals surface area contributed by atoms with Crippen molar-refractivity contribution < 1.29 is 9.53 Å². The van der Waals surface area contributed by atoms with E-state index in [0.717, 1.165) is 57.9 Å². The second kappa shape index (κ2) is 8.75. The van der Waals surface area contributed by atoms with E-state index in [1.165, 1.54) is 6.33 Å². The molecule has 28 heavy (non-hydrogen) atoms. The Morgan fingerprint density at radius 2 is 1.79 bits per heavy atom. The molecule has 2 aliphatic rings. The molecule has 0 radical (unpaired) electrons. The minimum absolute atomic E-state index is 0.253. The number of rotatable bonds is 5. The molecule has 2 saturated heterocycles. The zero-order valence-corrected chi connectivity index (χ0v) is 16.5. The predicted molar refractivity (Wildman–Crippen MR) is 108 cm³/mol. The van der Waals surface area contributed by atoms with Crippen molar-refractivity contribution in [3.8, 4) is 11.6 Å². The Bertz CT molecular complexity index is 820. The second-order valence-electron chi connectivity index (χ2n) is 7.10. The van der Waals surface area contributed by atoms with E-state index in [-0.39, 0.29) is 5.91 Å². The first-order valence-corrected chi connectivity index (χ1v) is 10.1. The van der Waals surface area contributed by atoms with Gasteiger partial charge in [0, 0.05) is 45.3 Å². The number of hydrogen-bond acceptors (Lipinski definition) is 6. The number of aromatic nitrogens is 2. The lowest BCUT2D eigenvalue weighted by molar-refractivity contribution is -0.131. The second-order valence-corrected chi connectivity index (χ2v) is 7.51. The molecule has 148 valence electrons. The fourth-order valence-corrected chi connectivity index (χ4v) is 3.77. The molecule has 0 spiro atoms. The van der Waals surface area contributed by atoms with E-state index in [1.54, 1.807) is 12.1 Å². The van der Waals surface area contributed by atoms with Crippen molar-refractivity contribution in [2.75, 3.05) is 50.7 Å². The van der Waals surface area contributed by atoms with Crippen LogP contribution in [0.5, 0.6) is 11.6 Å². The summed E-state index contributed by atoms with van der Waals surface area (Å²) in [5, 5.41) is 0.541. The van der Waals surface area contributed by atoms with Gasteiger partial charge in [0.15, 0.2) is 0 Å². The highest BCUT2D eigenvalue weighted by Gasteiger charge is 2.24. The summed E-state index contributed by atoms with van der Waals surface area (Å²) < 4.78 is 5.80. The number of ether oxygens (including phenoxy) is 1. The fourth-order valence-electron chi connectivity index (χ4n) is 3.59. The molecule has 2 fully saturated rings. The number of carbonyl (C=O) groups is 1. The number of hydrogen-bond donors (Lipinski definition) is 0. The average molecular weight is 402 g/mol. The molecule has 0 saturated carbocycles. The van der Waals surface area contributed by atoms with Crippen molar-refractivity contribution in [1.82, 2.24) is 19.8 Å². The highest BCUT2D eigenvalue weighted by atomic mass is 35.5. The van der Waals surface area contributed by atoms with Crippen LogP contribution < -0.4 is 9.64 Å². The number of para-hydroxylation sites is 1. The van der Waals surface area contributed by atoms with Gasteiger partial charge in [0.1, 0.15) is 17.9 Å². The van der Waals surface area contributed by atoms with Crippen LogP contribution in [0.4, 0.5) is 5.82 Å². The van der Waals surface area contributed by atoms with E-state index in [4.69, 9.17) is 16.3 Å². The predicted octanol–water partition coefficient (Wildman–Crippen LogP) is 2.67. The standard InChI is InChI=1S/C20H24ClN5O2/c21-16-5-1-2-6-17(16)28-19-13-18(22-15-23-19)25-11-9-24(10-12-25)14-20(27)26-7-3-4-8-26/h1-2,5-6,13,15H,3-4,7-12,14H2. The molecule has 7 nitrogen and oxygen atoms in total. The molecule has 1 aromatic heterocycles. The lowest BCUT2D eigenvalue weighted by Gasteiger charge is -2.35. The van der Waals surface area contributed by atoms with Crippen LogP contribution in [0.3, 0.4) is 0 Å². The zero-order chi connectivity index (χ0) is 19.3. The fraction of sp³-hybridized carbons (Fsp3) is 0.450. The van der Waals surface area contributed by atoms with E-state index < -0.39 is 0 Å². The summed E-state index contributed by atoms with van der Waals surface area (Å²) in [5.74, 6) is 2.11. The summed E-state index contributed by atoms with van der Waals surface area (Å²) >= 11 is 6.15. The number of likely N-dealkylation sites (tertiary alicyclic amines) is 1. The van der Waals surface area contributed by atoms with Crippen molar-refractivity contribution in [3.63, 3.8) is 0 Å². The molecule has 4 rings (SSSR count). The molecule has 0 N–H and O–H groups in total. The van der Waals surface area contributed by atoms with Crippen LogP contribution in [0, 0.1) is 0 Å². The summed E-state index contributed by atoms with van der Waals surface area (Å²) in [4.78, 5) is 27.3. The first kappa shape index (κ1) is 19.0. The van der Waals surface area contributed by atoms with Gasteiger partial charge in [-0.2, -0.15) is 0 Å². The van der Waals surface area contributed by atoms with Crippen LogP contribution in [0.2, 0.25) is 5.02 Å². The van der Waals surface area contributed by atoms with Crippen molar-refractivity contribution in [2.45, 2.75) is 12.8 Å². The summed E-state index contributed by atoms with van der Waals surface area (Å²) in [6.45, 7) is 5.64. The number of amides is 1. The molecule has 2 aromatic rings. The number of anilines is 1. The van der Waals surface area contributed by atoms with Gasteiger partial charge in [-0.1, -0.05) is 23.7 Å². The van der Waals surface area contributed by atoms with Crippen LogP contribution in [0.1, 0.15) is 12.8 Å². The van der Waals surface area contributed by atoms with Gasteiger partial charge in [-0.15, -0.1) is 0 Å². The average Bonchev–Trinajstić information content (AvgIpc) is 3.26. The summed E-state index contributed by atoms with van der Waals surface area (Å²) in [6, 6.07) is 9.14. The molecule has 8 heteroatoms. The van der Waals surface area contributed by atoms with E-state index in [1.807, 2.05) is 23.1 Å². The minimum atomic E-state index is 0.253. The zero-order valence-electron chi connectivity index (χ0n) is 15.8. The van der Waals surface area contributed by atoms with Gasteiger partial charge in [-0.05, 0) is 25.0 Å². The molecule has 0 unspecified atom stereocenters. The van der Waals surface area contributed by atoms with Gasteiger partial charge >= 0.3 is 0 Å². The molecule has 1 aromatic carbocycles. The number of benzene rings is 1. The third-order valence-corrected chi connectivity index (χ3v) is 5.50. The summed E-state index contributed by atoms with van der Waals surface area (Å²) in [7, 11) is 0. The number of nitrogens with zero attached hydrogens (tertiary/aromatic N) is 5. The van der Waals surface area contributed by atoms with Crippen LogP contribution in [0.25, 0.3) is 0 Å². The third-order valence-electron chi connectivity index (χ3n) is 5.19. The molecule has 0 atom stereocenters. The molecule has 2 aliphatic heterocycles. The van der Waals surface area contributed by atoms with Crippen molar-refractivity contribution in [1.29, 1.82) is 0 Å². The minimum Gasteiger partial charge on any atom is -0.437 e. The van der Waals surface area contributed by atoms with Gasteiger partial charge in [0.2, 0.25) is 11.8 Å². The Balaban J connectivity index is 1.33. The van der Waals surface area contributed by atoms with Crippen LogP contribution in [-0.4, -0.2) is 71.5 Å². The number of piperazine rings is 1. The van der Waals surface area contributed by atoms with Crippen LogP contribution >= 0.6 is 11.6 Å². The van der Waals surface area contributed by atoms with Gasteiger partial charge in [0.05, 0.1) is 11.6 Å². The van der Waals surface area contributed by atoms with Crippen molar-refractivity contribution in [2.24, 2.45) is 0 Å². The van der Waals surface area contributed by atoms with E-state index in [9.17, 15) is 4.79 Å². The summed E-state index contributed by atoms with van der Waals surface area (Å²) in [6.07, 6.45) is 3.77. The van der Waals surface area contributed by atoms with E-state index >= 15 is 0 Å². The quantitative estimate of drug-likeness (QED) is 0.767. The molecule has 0 bridgehead atoms. The maximum absolute atomic E-state index is 12.3. The van der Waals surface area contributed by atoms with Crippen molar-refractivity contribution in [3.05, 3.63) is 41.7 Å². The molecule has 3 heterocycles.